The third-order valence-electron chi connectivity index (χ3n) is 3.79. The predicted octanol–water partition coefficient (Wildman–Crippen LogP) is 3.66. The molecule has 0 aliphatic carbocycles. The predicted molar refractivity (Wildman–Crippen MR) is 103 cm³/mol. The number of para-hydroxylation sites is 1. The minimum absolute atomic E-state index is 0.0599. The Bertz CT molecular complexity index is 1120. The zero-order valence-electron chi connectivity index (χ0n) is 13.7. The molecule has 6 nitrogen and oxygen atoms in total. The van der Waals surface area contributed by atoms with Gasteiger partial charge in [0.2, 0.25) is 10.0 Å². The maximum Gasteiger partial charge on any atom is 0.239 e. The van der Waals surface area contributed by atoms with E-state index < -0.39 is 10.0 Å². The Morgan fingerprint density at radius 2 is 1.92 bits per heavy atom. The van der Waals surface area contributed by atoms with Crippen molar-refractivity contribution < 1.29 is 13.2 Å². The zero-order chi connectivity index (χ0) is 19.1. The standard InChI is InChI=1S/C17H15Cl2N3O3S/c1-9-7-13(20)10-3-2-4-14(17(10)22-9)25-8-11-12(18)5-6-15(16(11)19)26(21,23)24/h2-7H,8H2,1H3,(H2,20,22)(H2,21,23,24). The van der Waals surface area contributed by atoms with Gasteiger partial charge in [-0.15, -0.1) is 0 Å². The quantitative estimate of drug-likeness (QED) is 0.680. The number of fused-ring (bicyclic) bond motifs is 1. The Morgan fingerprint density at radius 1 is 1.19 bits per heavy atom. The summed E-state index contributed by atoms with van der Waals surface area (Å²) in [5.41, 5.74) is 8.28. The largest absolute Gasteiger partial charge is 0.487 e. The number of hydrogen-bond donors (Lipinski definition) is 2. The molecule has 136 valence electrons. The first-order valence-corrected chi connectivity index (χ1v) is 9.77. The van der Waals surface area contributed by atoms with Gasteiger partial charge in [0.15, 0.2) is 0 Å². The maximum atomic E-state index is 11.6. The molecule has 0 unspecified atom stereocenters. The molecule has 9 heteroatoms. The number of ether oxygens (including phenoxy) is 1. The van der Waals surface area contributed by atoms with Crippen LogP contribution in [0.3, 0.4) is 0 Å². The van der Waals surface area contributed by atoms with Crippen molar-refractivity contribution in [3.05, 3.63) is 57.7 Å². The molecule has 0 saturated carbocycles. The van der Waals surface area contributed by atoms with E-state index in [4.69, 9.17) is 38.8 Å². The van der Waals surface area contributed by atoms with E-state index in [2.05, 4.69) is 4.98 Å². The molecule has 0 aliphatic rings. The lowest BCUT2D eigenvalue weighted by Crippen LogP contribution is -2.14. The lowest BCUT2D eigenvalue weighted by molar-refractivity contribution is 0.309. The van der Waals surface area contributed by atoms with Crippen LogP contribution in [-0.4, -0.2) is 13.4 Å². The Labute approximate surface area is 160 Å². The van der Waals surface area contributed by atoms with Gasteiger partial charge in [0.05, 0.1) is 5.02 Å². The van der Waals surface area contributed by atoms with Crippen LogP contribution in [0.4, 0.5) is 5.69 Å². The second kappa shape index (κ2) is 6.92. The van der Waals surface area contributed by atoms with Crippen LogP contribution in [-0.2, 0) is 16.6 Å². The number of nitrogen functional groups attached to an aromatic ring is 1. The first kappa shape index (κ1) is 18.7. The number of nitrogens with two attached hydrogens (primary N) is 2. The van der Waals surface area contributed by atoms with Crippen LogP contribution in [0.15, 0.2) is 41.3 Å². The summed E-state index contributed by atoms with van der Waals surface area (Å²) in [6.07, 6.45) is 0. The van der Waals surface area contributed by atoms with E-state index in [9.17, 15) is 8.42 Å². The first-order chi connectivity index (χ1) is 12.2. The molecule has 0 aliphatic heterocycles. The van der Waals surface area contributed by atoms with Crippen molar-refractivity contribution in [1.29, 1.82) is 0 Å². The average molecular weight is 412 g/mol. The van der Waals surface area contributed by atoms with Crippen LogP contribution < -0.4 is 15.6 Å². The lowest BCUT2D eigenvalue weighted by Gasteiger charge is -2.14. The summed E-state index contributed by atoms with van der Waals surface area (Å²) >= 11 is 12.3. The summed E-state index contributed by atoms with van der Waals surface area (Å²) < 4.78 is 29.1. The Balaban J connectivity index is 2.02. The number of nitrogens with zero attached hydrogens (tertiary/aromatic N) is 1. The molecular weight excluding hydrogens is 397 g/mol. The Kier molecular flexibility index (Phi) is 4.98. The normalized spacial score (nSPS) is 11.7. The summed E-state index contributed by atoms with van der Waals surface area (Å²) in [6.45, 7) is 1.77. The number of halogens is 2. The Morgan fingerprint density at radius 3 is 2.62 bits per heavy atom. The highest BCUT2D eigenvalue weighted by molar-refractivity contribution is 7.89. The van der Waals surface area contributed by atoms with Crippen molar-refractivity contribution in [2.24, 2.45) is 5.14 Å². The van der Waals surface area contributed by atoms with Crippen molar-refractivity contribution in [2.75, 3.05) is 5.73 Å². The fraction of sp³-hybridized carbons (Fsp3) is 0.118. The third-order valence-corrected chi connectivity index (χ3v) is 5.64. The molecule has 0 radical (unpaired) electrons. The van der Waals surface area contributed by atoms with Gasteiger partial charge in [-0.3, -0.25) is 0 Å². The minimum Gasteiger partial charge on any atom is -0.487 e. The van der Waals surface area contributed by atoms with E-state index in [1.165, 1.54) is 12.1 Å². The van der Waals surface area contributed by atoms with Crippen LogP contribution >= 0.6 is 23.2 Å². The van der Waals surface area contributed by atoms with Crippen LogP contribution in [0.25, 0.3) is 10.9 Å². The number of rotatable bonds is 4. The van der Waals surface area contributed by atoms with Crippen LogP contribution in [0, 0.1) is 6.92 Å². The lowest BCUT2D eigenvalue weighted by atomic mass is 10.1. The monoisotopic (exact) mass is 411 g/mol. The number of pyridine rings is 1. The van der Waals surface area contributed by atoms with Gasteiger partial charge in [-0.25, -0.2) is 18.5 Å². The molecule has 0 fully saturated rings. The second-order valence-corrected chi connectivity index (χ2v) is 7.99. The fourth-order valence-electron chi connectivity index (χ4n) is 2.58. The molecule has 0 spiro atoms. The molecule has 0 atom stereocenters. The van der Waals surface area contributed by atoms with Crippen molar-refractivity contribution in [3.63, 3.8) is 0 Å². The van der Waals surface area contributed by atoms with E-state index >= 15 is 0 Å². The molecule has 3 rings (SSSR count). The molecule has 3 aromatic rings. The molecule has 0 bridgehead atoms. The van der Waals surface area contributed by atoms with Gasteiger partial charge in [-0.2, -0.15) is 0 Å². The fourth-order valence-corrected chi connectivity index (χ4v) is 4.01. The molecule has 1 heterocycles. The number of aromatic nitrogens is 1. The molecule has 26 heavy (non-hydrogen) atoms. The molecule has 0 saturated heterocycles. The summed E-state index contributed by atoms with van der Waals surface area (Å²) in [5.74, 6) is 0.478. The average Bonchev–Trinajstić information content (AvgIpc) is 2.53. The summed E-state index contributed by atoms with van der Waals surface area (Å²) in [4.78, 5) is 4.25. The third kappa shape index (κ3) is 3.57. The summed E-state index contributed by atoms with van der Waals surface area (Å²) in [7, 11) is -3.98. The highest BCUT2D eigenvalue weighted by Crippen LogP contribution is 2.33. The molecule has 4 N–H and O–H groups in total. The highest BCUT2D eigenvalue weighted by atomic mass is 35.5. The second-order valence-electron chi connectivity index (χ2n) is 5.68. The first-order valence-electron chi connectivity index (χ1n) is 7.47. The molecule has 0 amide bonds. The van der Waals surface area contributed by atoms with Crippen LogP contribution in [0.1, 0.15) is 11.3 Å². The van der Waals surface area contributed by atoms with E-state index in [1.54, 1.807) is 18.2 Å². The number of aryl methyl sites for hydroxylation is 1. The van der Waals surface area contributed by atoms with Gasteiger partial charge < -0.3 is 10.5 Å². The van der Waals surface area contributed by atoms with Gasteiger partial charge in [0.1, 0.15) is 22.8 Å². The SMILES string of the molecule is Cc1cc(N)c2cccc(OCc3c(Cl)ccc(S(N)(=O)=O)c3Cl)c2n1. The van der Waals surface area contributed by atoms with E-state index in [-0.39, 0.29) is 21.5 Å². The zero-order valence-corrected chi connectivity index (χ0v) is 16.0. The van der Waals surface area contributed by atoms with Gasteiger partial charge in [-0.05, 0) is 31.2 Å². The van der Waals surface area contributed by atoms with Crippen molar-refractivity contribution >= 4 is 49.8 Å². The highest BCUT2D eigenvalue weighted by Gasteiger charge is 2.19. The number of sulfonamides is 1. The van der Waals surface area contributed by atoms with E-state index in [0.717, 1.165) is 11.1 Å². The van der Waals surface area contributed by atoms with Gasteiger partial charge in [0.25, 0.3) is 0 Å². The number of anilines is 1. The van der Waals surface area contributed by atoms with E-state index in [1.807, 2.05) is 13.0 Å². The maximum absolute atomic E-state index is 11.6. The van der Waals surface area contributed by atoms with Gasteiger partial charge >= 0.3 is 0 Å². The van der Waals surface area contributed by atoms with Gasteiger partial charge in [0, 0.05) is 27.4 Å². The van der Waals surface area contributed by atoms with Crippen LogP contribution in [0.2, 0.25) is 10.0 Å². The number of hydrogen-bond acceptors (Lipinski definition) is 5. The molecular formula is C17H15Cl2N3O3S. The van der Waals surface area contributed by atoms with Crippen molar-refractivity contribution in [3.8, 4) is 5.75 Å². The Hall–Kier alpha value is -2.06. The molecule has 2 aromatic carbocycles. The van der Waals surface area contributed by atoms with Crippen molar-refractivity contribution in [2.45, 2.75) is 18.4 Å². The number of primary sulfonamides is 1. The number of benzene rings is 2. The molecule has 1 aromatic heterocycles. The van der Waals surface area contributed by atoms with Gasteiger partial charge in [-0.1, -0.05) is 35.3 Å². The topological polar surface area (TPSA) is 108 Å². The minimum atomic E-state index is -3.98. The smallest absolute Gasteiger partial charge is 0.239 e. The summed E-state index contributed by atoms with van der Waals surface area (Å²) in [6, 6.07) is 9.80. The summed E-state index contributed by atoms with van der Waals surface area (Å²) in [5, 5.41) is 6.13. The van der Waals surface area contributed by atoms with E-state index in [0.29, 0.717) is 22.5 Å². The van der Waals surface area contributed by atoms with Crippen molar-refractivity contribution in [1.82, 2.24) is 4.98 Å². The van der Waals surface area contributed by atoms with Crippen LogP contribution in [0.5, 0.6) is 5.75 Å².